The summed E-state index contributed by atoms with van der Waals surface area (Å²) in [5, 5.41) is 4.29. The predicted octanol–water partition coefficient (Wildman–Crippen LogP) is 2.97. The molecule has 144 valence electrons. The molecule has 0 N–H and O–H groups in total. The van der Waals surface area contributed by atoms with Gasteiger partial charge in [-0.3, -0.25) is 4.79 Å². The summed E-state index contributed by atoms with van der Waals surface area (Å²) in [7, 11) is 0. The van der Waals surface area contributed by atoms with Gasteiger partial charge in [0.15, 0.2) is 12.4 Å². The second kappa shape index (κ2) is 9.12. The van der Waals surface area contributed by atoms with Crippen LogP contribution in [0.3, 0.4) is 0 Å². The highest BCUT2D eigenvalue weighted by Gasteiger charge is 2.23. The third kappa shape index (κ3) is 5.03. The van der Waals surface area contributed by atoms with Crippen LogP contribution in [-0.4, -0.2) is 51.2 Å². The fourth-order valence-corrected chi connectivity index (χ4v) is 2.73. The molecule has 2 heterocycles. The second-order valence-corrected chi connectivity index (χ2v) is 6.64. The molecular formula is C20H26N4O3. The van der Waals surface area contributed by atoms with Crippen molar-refractivity contribution in [3.05, 3.63) is 54.0 Å². The van der Waals surface area contributed by atoms with Crippen LogP contribution in [0.4, 0.5) is 0 Å². The van der Waals surface area contributed by atoms with Gasteiger partial charge in [0.05, 0.1) is 11.9 Å². The van der Waals surface area contributed by atoms with Crippen LogP contribution in [0.2, 0.25) is 0 Å². The van der Waals surface area contributed by atoms with Gasteiger partial charge in [-0.15, -0.1) is 0 Å². The molecule has 7 nitrogen and oxygen atoms in total. The van der Waals surface area contributed by atoms with E-state index in [0.29, 0.717) is 30.2 Å². The molecular weight excluding hydrogens is 344 g/mol. The molecule has 0 aliphatic rings. The highest BCUT2D eigenvalue weighted by atomic mass is 16.5. The fourth-order valence-electron chi connectivity index (χ4n) is 2.73. The molecule has 2 aromatic rings. The zero-order valence-corrected chi connectivity index (χ0v) is 16.3. The SMILES string of the molecule is C=C(C)CN(CC)C(=O)COC(=O)c1cnn(-c2ccccn2)c1C(C)C. The van der Waals surface area contributed by atoms with Gasteiger partial charge in [0.1, 0.15) is 5.56 Å². The second-order valence-electron chi connectivity index (χ2n) is 6.64. The predicted molar refractivity (Wildman–Crippen MR) is 103 cm³/mol. The lowest BCUT2D eigenvalue weighted by molar-refractivity contribution is -0.133. The average molecular weight is 370 g/mol. The van der Waals surface area contributed by atoms with E-state index in [0.717, 1.165) is 5.57 Å². The molecule has 0 aromatic carbocycles. The number of esters is 1. The van der Waals surface area contributed by atoms with Crippen molar-refractivity contribution in [1.29, 1.82) is 0 Å². The number of carbonyl (C=O) groups is 2. The summed E-state index contributed by atoms with van der Waals surface area (Å²) in [6.07, 6.45) is 3.13. The molecule has 27 heavy (non-hydrogen) atoms. The van der Waals surface area contributed by atoms with Gasteiger partial charge < -0.3 is 9.64 Å². The minimum Gasteiger partial charge on any atom is -0.452 e. The number of pyridine rings is 1. The molecule has 0 atom stereocenters. The number of hydrogen-bond donors (Lipinski definition) is 0. The van der Waals surface area contributed by atoms with Crippen LogP contribution < -0.4 is 0 Å². The molecule has 0 aliphatic carbocycles. The lowest BCUT2D eigenvalue weighted by Gasteiger charge is -2.20. The number of carbonyl (C=O) groups excluding carboxylic acids is 2. The monoisotopic (exact) mass is 370 g/mol. The van der Waals surface area contributed by atoms with Crippen molar-refractivity contribution < 1.29 is 14.3 Å². The first-order valence-corrected chi connectivity index (χ1v) is 8.93. The van der Waals surface area contributed by atoms with Crippen molar-refractivity contribution in [2.45, 2.75) is 33.6 Å². The van der Waals surface area contributed by atoms with E-state index in [4.69, 9.17) is 4.74 Å². The van der Waals surface area contributed by atoms with Gasteiger partial charge in [-0.1, -0.05) is 32.1 Å². The maximum absolute atomic E-state index is 12.6. The number of hydrogen-bond acceptors (Lipinski definition) is 5. The summed E-state index contributed by atoms with van der Waals surface area (Å²) < 4.78 is 6.89. The van der Waals surface area contributed by atoms with Crippen molar-refractivity contribution in [1.82, 2.24) is 19.7 Å². The Labute approximate surface area is 159 Å². The van der Waals surface area contributed by atoms with E-state index < -0.39 is 5.97 Å². The van der Waals surface area contributed by atoms with Gasteiger partial charge in [-0.2, -0.15) is 5.10 Å². The minimum atomic E-state index is -0.569. The average Bonchev–Trinajstić information content (AvgIpc) is 3.10. The van der Waals surface area contributed by atoms with Gasteiger partial charge in [0.25, 0.3) is 5.91 Å². The standard InChI is InChI=1S/C20H26N4O3/c1-6-23(12-14(2)3)18(25)13-27-20(26)16-11-22-24(19(16)15(4)5)17-9-7-8-10-21-17/h7-11,15H,2,6,12-13H2,1,3-5H3. The first-order chi connectivity index (χ1) is 12.8. The van der Waals surface area contributed by atoms with E-state index in [2.05, 4.69) is 16.7 Å². The van der Waals surface area contributed by atoms with Gasteiger partial charge in [-0.25, -0.2) is 14.5 Å². The number of rotatable bonds is 8. The van der Waals surface area contributed by atoms with E-state index in [1.807, 2.05) is 45.9 Å². The number of nitrogens with zero attached hydrogens (tertiary/aromatic N) is 4. The van der Waals surface area contributed by atoms with Crippen molar-refractivity contribution in [3.63, 3.8) is 0 Å². The molecule has 0 fully saturated rings. The third-order valence-electron chi connectivity index (χ3n) is 3.96. The third-order valence-corrected chi connectivity index (χ3v) is 3.96. The van der Waals surface area contributed by atoms with Crippen molar-refractivity contribution >= 4 is 11.9 Å². The zero-order chi connectivity index (χ0) is 20.0. The molecule has 0 bridgehead atoms. The molecule has 2 aromatic heterocycles. The zero-order valence-electron chi connectivity index (χ0n) is 16.3. The van der Waals surface area contributed by atoms with Gasteiger partial charge in [0, 0.05) is 19.3 Å². The Morgan fingerprint density at radius 2 is 2.07 bits per heavy atom. The lowest BCUT2D eigenvalue weighted by Crippen LogP contribution is -2.35. The number of likely N-dealkylation sites (N-methyl/N-ethyl adjacent to an activating group) is 1. The molecule has 0 spiro atoms. The summed E-state index contributed by atoms with van der Waals surface area (Å²) in [6, 6.07) is 5.48. The van der Waals surface area contributed by atoms with E-state index in [1.165, 1.54) is 6.20 Å². The Hall–Kier alpha value is -2.96. The van der Waals surface area contributed by atoms with E-state index in [-0.39, 0.29) is 18.4 Å². The van der Waals surface area contributed by atoms with E-state index in [9.17, 15) is 9.59 Å². The van der Waals surface area contributed by atoms with Crippen molar-refractivity contribution in [3.8, 4) is 5.82 Å². The highest BCUT2D eigenvalue weighted by Crippen LogP contribution is 2.22. The summed E-state index contributed by atoms with van der Waals surface area (Å²) in [4.78, 5) is 30.7. The van der Waals surface area contributed by atoms with E-state index in [1.54, 1.807) is 15.8 Å². The van der Waals surface area contributed by atoms with Crippen LogP contribution in [0.1, 0.15) is 49.7 Å². The van der Waals surface area contributed by atoms with Crippen molar-refractivity contribution in [2.75, 3.05) is 19.7 Å². The van der Waals surface area contributed by atoms with Crippen molar-refractivity contribution in [2.24, 2.45) is 0 Å². The maximum atomic E-state index is 12.6. The number of ether oxygens (including phenoxy) is 1. The molecule has 2 rings (SSSR count). The summed E-state index contributed by atoms with van der Waals surface area (Å²) in [5.41, 5.74) is 1.90. The van der Waals surface area contributed by atoms with Gasteiger partial charge in [0.2, 0.25) is 0 Å². The normalized spacial score (nSPS) is 10.7. The first-order valence-electron chi connectivity index (χ1n) is 8.93. The molecule has 0 radical (unpaired) electrons. The van der Waals surface area contributed by atoms with Crippen LogP contribution in [0.25, 0.3) is 5.82 Å². The number of amides is 1. The largest absolute Gasteiger partial charge is 0.452 e. The topological polar surface area (TPSA) is 77.3 Å². The lowest BCUT2D eigenvalue weighted by atomic mass is 10.1. The van der Waals surface area contributed by atoms with Gasteiger partial charge >= 0.3 is 5.97 Å². The van der Waals surface area contributed by atoms with E-state index >= 15 is 0 Å². The van der Waals surface area contributed by atoms with Gasteiger partial charge in [-0.05, 0) is 31.9 Å². The Balaban J connectivity index is 2.16. The summed E-state index contributed by atoms with van der Waals surface area (Å²) in [5.74, 6) is -0.184. The minimum absolute atomic E-state index is 0.0170. The molecule has 0 saturated heterocycles. The Bertz CT molecular complexity index is 812. The maximum Gasteiger partial charge on any atom is 0.342 e. The Morgan fingerprint density at radius 3 is 2.63 bits per heavy atom. The smallest absolute Gasteiger partial charge is 0.342 e. The molecule has 7 heteroatoms. The van der Waals surface area contributed by atoms with Crippen LogP contribution in [0.15, 0.2) is 42.7 Å². The van der Waals surface area contributed by atoms with Crippen LogP contribution in [0, 0.1) is 0 Å². The van der Waals surface area contributed by atoms with Crippen LogP contribution in [-0.2, 0) is 9.53 Å². The molecule has 0 aliphatic heterocycles. The molecule has 0 saturated carbocycles. The molecule has 1 amide bonds. The summed E-state index contributed by atoms with van der Waals surface area (Å²) >= 11 is 0. The summed E-state index contributed by atoms with van der Waals surface area (Å²) in [6.45, 7) is 12.1. The fraction of sp³-hybridized carbons (Fsp3) is 0.400. The van der Waals surface area contributed by atoms with Crippen LogP contribution >= 0.6 is 0 Å². The quantitative estimate of drug-likeness (QED) is 0.527. The highest BCUT2D eigenvalue weighted by molar-refractivity contribution is 5.92. The Kier molecular flexibility index (Phi) is 6.87. The number of aromatic nitrogens is 3. The first kappa shape index (κ1) is 20.4. The Morgan fingerprint density at radius 1 is 1.33 bits per heavy atom. The molecule has 0 unspecified atom stereocenters. The van der Waals surface area contributed by atoms with Crippen LogP contribution in [0.5, 0.6) is 0 Å².